The molecule has 8 nitrogen and oxygen atoms in total. The van der Waals surface area contributed by atoms with Crippen LogP contribution in [0.25, 0.3) is 11.3 Å². The molecule has 1 aromatic carbocycles. The molecule has 8 heteroatoms. The minimum atomic E-state index is -0.429. The number of nitriles is 1. The number of anilines is 1. The van der Waals surface area contributed by atoms with Crippen molar-refractivity contribution < 1.29 is 9.59 Å². The maximum Gasteiger partial charge on any atom is 0.228 e. The van der Waals surface area contributed by atoms with Crippen molar-refractivity contribution in [3.63, 3.8) is 0 Å². The molecule has 1 aliphatic carbocycles. The van der Waals surface area contributed by atoms with Crippen molar-refractivity contribution in [1.29, 1.82) is 5.26 Å². The second-order valence-corrected chi connectivity index (χ2v) is 8.01. The van der Waals surface area contributed by atoms with Crippen molar-refractivity contribution in [2.75, 3.05) is 5.32 Å². The quantitative estimate of drug-likeness (QED) is 0.616. The third-order valence-corrected chi connectivity index (χ3v) is 5.91. The molecule has 158 valence electrons. The van der Waals surface area contributed by atoms with E-state index in [9.17, 15) is 14.9 Å². The van der Waals surface area contributed by atoms with Gasteiger partial charge in [0.2, 0.25) is 5.91 Å². The number of hydrogen-bond acceptors (Lipinski definition) is 5. The molecule has 2 atom stereocenters. The normalized spacial score (nSPS) is 18.4. The molecule has 31 heavy (non-hydrogen) atoms. The highest BCUT2D eigenvalue weighted by Gasteiger charge is 2.36. The fourth-order valence-corrected chi connectivity index (χ4v) is 4.23. The SMILES string of the molecule is Cc1cc(-c2ccc(C(=O)C3CCCCC3C(=O)Nc3cnn(C)c3C#N)cc2)n[nH]1. The van der Waals surface area contributed by atoms with E-state index in [1.807, 2.05) is 31.2 Å². The summed E-state index contributed by atoms with van der Waals surface area (Å²) < 4.78 is 1.42. The summed E-state index contributed by atoms with van der Waals surface area (Å²) in [4.78, 5) is 26.3. The van der Waals surface area contributed by atoms with Gasteiger partial charge < -0.3 is 5.32 Å². The van der Waals surface area contributed by atoms with Crippen LogP contribution in [0, 0.1) is 30.1 Å². The van der Waals surface area contributed by atoms with E-state index in [-0.39, 0.29) is 23.3 Å². The molecule has 2 N–H and O–H groups in total. The summed E-state index contributed by atoms with van der Waals surface area (Å²) in [5, 5.41) is 23.3. The lowest BCUT2D eigenvalue weighted by Crippen LogP contribution is -2.36. The summed E-state index contributed by atoms with van der Waals surface area (Å²) in [5.41, 5.74) is 4.00. The highest BCUT2D eigenvalue weighted by molar-refractivity contribution is 6.03. The van der Waals surface area contributed by atoms with E-state index in [0.29, 0.717) is 24.1 Å². The van der Waals surface area contributed by atoms with Gasteiger partial charge in [-0.3, -0.25) is 19.4 Å². The number of benzene rings is 1. The number of aromatic nitrogens is 4. The Morgan fingerprint density at radius 3 is 2.55 bits per heavy atom. The van der Waals surface area contributed by atoms with E-state index >= 15 is 0 Å². The largest absolute Gasteiger partial charge is 0.322 e. The number of rotatable bonds is 5. The van der Waals surface area contributed by atoms with Gasteiger partial charge in [-0.1, -0.05) is 37.1 Å². The van der Waals surface area contributed by atoms with E-state index in [1.54, 1.807) is 19.2 Å². The van der Waals surface area contributed by atoms with Gasteiger partial charge >= 0.3 is 0 Å². The first-order valence-corrected chi connectivity index (χ1v) is 10.4. The van der Waals surface area contributed by atoms with Gasteiger partial charge in [-0.2, -0.15) is 15.5 Å². The first-order chi connectivity index (χ1) is 15.0. The lowest BCUT2D eigenvalue weighted by molar-refractivity contribution is -0.122. The van der Waals surface area contributed by atoms with Gasteiger partial charge in [0.25, 0.3) is 0 Å². The number of H-pyrrole nitrogens is 1. The summed E-state index contributed by atoms with van der Waals surface area (Å²) in [6.45, 7) is 1.94. The summed E-state index contributed by atoms with van der Waals surface area (Å²) in [7, 11) is 1.65. The van der Waals surface area contributed by atoms with Gasteiger partial charge in [-0.25, -0.2) is 0 Å². The second-order valence-electron chi connectivity index (χ2n) is 8.01. The average Bonchev–Trinajstić information content (AvgIpc) is 3.38. The summed E-state index contributed by atoms with van der Waals surface area (Å²) >= 11 is 0. The number of carbonyl (C=O) groups excluding carboxylic acids is 2. The van der Waals surface area contributed by atoms with Gasteiger partial charge in [-0.15, -0.1) is 0 Å². The van der Waals surface area contributed by atoms with Crippen LogP contribution < -0.4 is 5.32 Å². The monoisotopic (exact) mass is 416 g/mol. The van der Waals surface area contributed by atoms with Crippen LogP contribution in [0.4, 0.5) is 5.69 Å². The zero-order valence-electron chi connectivity index (χ0n) is 17.6. The summed E-state index contributed by atoms with van der Waals surface area (Å²) in [5.74, 6) is -1.06. The number of aryl methyl sites for hydroxylation is 2. The Labute approximate surface area is 180 Å². The van der Waals surface area contributed by atoms with Crippen LogP contribution in [-0.2, 0) is 11.8 Å². The van der Waals surface area contributed by atoms with E-state index in [0.717, 1.165) is 29.8 Å². The Morgan fingerprint density at radius 1 is 1.19 bits per heavy atom. The molecule has 4 rings (SSSR count). The van der Waals surface area contributed by atoms with E-state index < -0.39 is 5.92 Å². The molecule has 2 aromatic heterocycles. The van der Waals surface area contributed by atoms with E-state index in [4.69, 9.17) is 0 Å². The van der Waals surface area contributed by atoms with Crippen LogP contribution in [0.2, 0.25) is 0 Å². The summed E-state index contributed by atoms with van der Waals surface area (Å²) in [6, 6.07) is 11.4. The van der Waals surface area contributed by atoms with Crippen LogP contribution in [0.15, 0.2) is 36.5 Å². The van der Waals surface area contributed by atoms with Crippen molar-refractivity contribution in [3.05, 3.63) is 53.5 Å². The lowest BCUT2D eigenvalue weighted by Gasteiger charge is -2.29. The Morgan fingerprint density at radius 2 is 1.90 bits per heavy atom. The molecule has 1 saturated carbocycles. The number of amides is 1. The highest BCUT2D eigenvalue weighted by Crippen LogP contribution is 2.34. The van der Waals surface area contributed by atoms with Crippen LogP contribution >= 0.6 is 0 Å². The van der Waals surface area contributed by atoms with Crippen LogP contribution in [-0.4, -0.2) is 31.7 Å². The molecule has 1 amide bonds. The topological polar surface area (TPSA) is 116 Å². The molecule has 2 unspecified atom stereocenters. The fourth-order valence-electron chi connectivity index (χ4n) is 4.23. The van der Waals surface area contributed by atoms with Gasteiger partial charge in [0.05, 0.1) is 17.6 Å². The molecule has 0 aliphatic heterocycles. The number of Topliss-reactive ketones (excluding diaryl/α,β-unsaturated/α-hetero) is 1. The van der Waals surface area contributed by atoms with Gasteiger partial charge in [0, 0.05) is 35.7 Å². The zero-order valence-corrected chi connectivity index (χ0v) is 17.6. The smallest absolute Gasteiger partial charge is 0.228 e. The minimum Gasteiger partial charge on any atom is -0.322 e. The number of nitrogens with zero attached hydrogens (tertiary/aromatic N) is 4. The van der Waals surface area contributed by atoms with Crippen molar-refractivity contribution in [2.45, 2.75) is 32.6 Å². The Bertz CT molecular complexity index is 1150. The van der Waals surface area contributed by atoms with Gasteiger partial charge in [0.1, 0.15) is 6.07 Å². The molecular weight excluding hydrogens is 392 g/mol. The second kappa shape index (κ2) is 8.56. The van der Waals surface area contributed by atoms with Crippen molar-refractivity contribution in [1.82, 2.24) is 20.0 Å². The maximum atomic E-state index is 13.3. The van der Waals surface area contributed by atoms with Crippen molar-refractivity contribution >= 4 is 17.4 Å². The van der Waals surface area contributed by atoms with Crippen molar-refractivity contribution in [3.8, 4) is 17.3 Å². The van der Waals surface area contributed by atoms with Crippen LogP contribution in [0.1, 0.15) is 47.4 Å². The summed E-state index contributed by atoms with van der Waals surface area (Å²) in [6.07, 6.45) is 4.61. The molecule has 1 fully saturated rings. The molecular formula is C23H24N6O2. The first-order valence-electron chi connectivity index (χ1n) is 10.4. The predicted octanol–water partition coefficient (Wildman–Crippen LogP) is 3.62. The highest BCUT2D eigenvalue weighted by atomic mass is 16.2. The molecule has 0 radical (unpaired) electrons. The number of ketones is 1. The molecule has 2 heterocycles. The van der Waals surface area contributed by atoms with Gasteiger partial charge in [0.15, 0.2) is 11.5 Å². The minimum absolute atomic E-state index is 0.0173. The number of hydrogen-bond donors (Lipinski definition) is 2. The molecule has 0 bridgehead atoms. The lowest BCUT2D eigenvalue weighted by atomic mass is 9.75. The molecule has 0 spiro atoms. The Hall–Kier alpha value is -3.73. The average molecular weight is 416 g/mol. The molecule has 3 aromatic rings. The Balaban J connectivity index is 1.52. The standard InChI is InChI=1S/C23H24N6O2/c1-14-11-19(28-27-14)15-7-9-16(10-8-15)22(30)17-5-3-4-6-18(17)23(31)26-20-13-25-29(2)21(20)12-24/h7-11,13,17-18H,3-6H2,1-2H3,(H,26,31)(H,27,28). The number of nitrogens with one attached hydrogen (secondary N) is 2. The Kier molecular flexibility index (Phi) is 5.67. The molecule has 1 aliphatic rings. The van der Waals surface area contributed by atoms with Crippen molar-refractivity contribution in [2.24, 2.45) is 18.9 Å². The third kappa shape index (κ3) is 4.12. The fraction of sp³-hybridized carbons (Fsp3) is 0.348. The predicted molar refractivity (Wildman–Crippen MR) is 115 cm³/mol. The first kappa shape index (κ1) is 20.5. The number of aromatic amines is 1. The van der Waals surface area contributed by atoms with Crippen LogP contribution in [0.3, 0.4) is 0 Å². The molecule has 0 saturated heterocycles. The van der Waals surface area contributed by atoms with Crippen LogP contribution in [0.5, 0.6) is 0 Å². The third-order valence-electron chi connectivity index (χ3n) is 5.91. The maximum absolute atomic E-state index is 13.3. The number of carbonyl (C=O) groups is 2. The van der Waals surface area contributed by atoms with E-state index in [1.165, 1.54) is 10.9 Å². The van der Waals surface area contributed by atoms with E-state index in [2.05, 4.69) is 20.6 Å². The zero-order chi connectivity index (χ0) is 22.0. The van der Waals surface area contributed by atoms with Gasteiger partial charge in [-0.05, 0) is 25.8 Å².